The number of pyridine rings is 2. The second kappa shape index (κ2) is 13.9. The van der Waals surface area contributed by atoms with Crippen molar-refractivity contribution >= 4 is 56.0 Å². The largest absolute Gasteiger partial charge is 0.497 e. The molecular formula is C39H34N8O5. The van der Waals surface area contributed by atoms with Crippen LogP contribution in [0.15, 0.2) is 100 Å². The number of nitrogens with zero attached hydrogens (tertiary/aromatic N) is 8. The van der Waals surface area contributed by atoms with Gasteiger partial charge in [0.15, 0.2) is 34.5 Å². The van der Waals surface area contributed by atoms with E-state index in [2.05, 4.69) is 19.8 Å². The van der Waals surface area contributed by atoms with E-state index in [1.807, 2.05) is 78.9 Å². The molecule has 0 radical (unpaired) electrons. The lowest BCUT2D eigenvalue weighted by atomic mass is 10.2. The van der Waals surface area contributed by atoms with Crippen LogP contribution >= 0.6 is 0 Å². The molecule has 13 nitrogen and oxygen atoms in total. The zero-order valence-electron chi connectivity index (χ0n) is 28.4. The van der Waals surface area contributed by atoms with Gasteiger partial charge in [0, 0.05) is 49.7 Å². The molecule has 8 heterocycles. The van der Waals surface area contributed by atoms with Gasteiger partial charge in [-0.25, -0.2) is 29.9 Å². The monoisotopic (exact) mass is 694 g/mol. The second-order valence-corrected chi connectivity index (χ2v) is 12.3. The molecule has 0 saturated carbocycles. The lowest BCUT2D eigenvalue weighted by molar-refractivity contribution is 0.122. The number of morpholine rings is 2. The van der Waals surface area contributed by atoms with Crippen LogP contribution in [-0.4, -0.2) is 89.6 Å². The Kier molecular flexibility index (Phi) is 8.47. The van der Waals surface area contributed by atoms with Crippen LogP contribution in [0.2, 0.25) is 0 Å². The second-order valence-electron chi connectivity index (χ2n) is 12.3. The van der Waals surface area contributed by atoms with Gasteiger partial charge in [-0.2, -0.15) is 0 Å². The number of fused-ring (bicyclic) bond motifs is 6. The van der Waals surface area contributed by atoms with Crippen LogP contribution in [0, 0.1) is 0 Å². The molecule has 52 heavy (non-hydrogen) atoms. The highest BCUT2D eigenvalue weighted by Crippen LogP contribution is 2.36. The zero-order valence-corrected chi connectivity index (χ0v) is 28.4. The first-order chi connectivity index (χ1) is 25.7. The Labute approximate surface area is 297 Å². The fourth-order valence-electron chi connectivity index (χ4n) is 6.49. The standard InChI is InChI=1S/C20H18N4O3.C19H16N4O2/c1-25-14-6-4-13(5-7-14)18-22-16-15-3-2-8-21-20(15)27-17(16)19(23-18)24-9-11-26-12-10-24;1-2-5-13(6-3-1)17-21-15-14-7-4-8-20-19(14)25-16(15)18(22-17)23-9-11-24-12-10-23/h2-8H,9-12H2,1H3;1-8H,9-12H2. The molecule has 10 rings (SSSR count). The molecule has 2 aliphatic heterocycles. The van der Waals surface area contributed by atoms with Crippen molar-refractivity contribution in [1.82, 2.24) is 29.9 Å². The van der Waals surface area contributed by atoms with Gasteiger partial charge in [0.1, 0.15) is 16.8 Å². The normalized spacial score (nSPS) is 14.9. The van der Waals surface area contributed by atoms with E-state index in [1.54, 1.807) is 19.5 Å². The fraction of sp³-hybridized carbons (Fsp3) is 0.231. The molecule has 2 fully saturated rings. The molecule has 8 aromatic rings. The summed E-state index contributed by atoms with van der Waals surface area (Å²) in [6.07, 6.45) is 3.45. The minimum absolute atomic E-state index is 0.572. The molecule has 0 amide bonds. The zero-order chi connectivity index (χ0) is 34.9. The molecular weight excluding hydrogens is 660 g/mol. The minimum Gasteiger partial charge on any atom is -0.497 e. The molecule has 0 unspecified atom stereocenters. The summed E-state index contributed by atoms with van der Waals surface area (Å²) in [6.45, 7) is 5.80. The van der Waals surface area contributed by atoms with E-state index in [1.165, 1.54) is 0 Å². The lowest BCUT2D eigenvalue weighted by Crippen LogP contribution is -2.37. The topological polar surface area (TPSA) is 138 Å². The van der Waals surface area contributed by atoms with E-state index in [0.29, 0.717) is 60.7 Å². The number of benzene rings is 2. The Hall–Kier alpha value is -6.18. The van der Waals surface area contributed by atoms with Crippen LogP contribution in [0.25, 0.3) is 67.2 Å². The summed E-state index contributed by atoms with van der Waals surface area (Å²) >= 11 is 0. The summed E-state index contributed by atoms with van der Waals surface area (Å²) in [6, 6.07) is 25.5. The van der Waals surface area contributed by atoms with Gasteiger partial charge in [0.05, 0.1) is 44.3 Å². The van der Waals surface area contributed by atoms with Crippen molar-refractivity contribution in [3.63, 3.8) is 0 Å². The average Bonchev–Trinajstić information content (AvgIpc) is 3.80. The van der Waals surface area contributed by atoms with Gasteiger partial charge in [-0.15, -0.1) is 0 Å². The Morgan fingerprint density at radius 3 is 1.50 bits per heavy atom. The van der Waals surface area contributed by atoms with Crippen molar-refractivity contribution in [2.24, 2.45) is 0 Å². The average molecular weight is 695 g/mol. The predicted molar refractivity (Wildman–Crippen MR) is 198 cm³/mol. The van der Waals surface area contributed by atoms with Crippen molar-refractivity contribution in [1.29, 1.82) is 0 Å². The Balaban J connectivity index is 0.000000139. The number of anilines is 2. The highest BCUT2D eigenvalue weighted by atomic mass is 16.5. The van der Waals surface area contributed by atoms with E-state index in [4.69, 9.17) is 43.0 Å². The third-order valence-corrected chi connectivity index (χ3v) is 9.15. The Morgan fingerprint density at radius 1 is 0.538 bits per heavy atom. The molecule has 6 aromatic heterocycles. The molecule has 0 spiro atoms. The van der Waals surface area contributed by atoms with Gasteiger partial charge in [0.25, 0.3) is 0 Å². The number of methoxy groups -OCH3 is 1. The van der Waals surface area contributed by atoms with Gasteiger partial charge in [-0.3, -0.25) is 0 Å². The summed E-state index contributed by atoms with van der Waals surface area (Å²) in [5.74, 6) is 3.74. The molecule has 2 saturated heterocycles. The van der Waals surface area contributed by atoms with Gasteiger partial charge < -0.3 is 32.8 Å². The Bertz CT molecular complexity index is 2490. The van der Waals surface area contributed by atoms with Crippen molar-refractivity contribution < 1.29 is 23.0 Å². The van der Waals surface area contributed by atoms with Gasteiger partial charge in [-0.1, -0.05) is 30.3 Å². The first-order valence-corrected chi connectivity index (χ1v) is 17.2. The maximum atomic E-state index is 6.03. The molecule has 0 aliphatic carbocycles. The number of furan rings is 2. The maximum absolute atomic E-state index is 6.03. The SMILES string of the molecule is COc1ccc(-c2nc(N3CCOCC3)c3oc4ncccc4c3n2)cc1.c1ccc(-c2nc(N3CCOCC3)c3oc4ncccc4c3n2)cc1. The minimum atomic E-state index is 0.572. The smallest absolute Gasteiger partial charge is 0.229 e. The van der Waals surface area contributed by atoms with E-state index in [9.17, 15) is 0 Å². The van der Waals surface area contributed by atoms with Crippen LogP contribution in [0.4, 0.5) is 11.6 Å². The van der Waals surface area contributed by atoms with Crippen molar-refractivity contribution in [3.8, 4) is 28.5 Å². The number of hydrogen-bond donors (Lipinski definition) is 0. The number of rotatable bonds is 5. The van der Waals surface area contributed by atoms with E-state index >= 15 is 0 Å². The van der Waals surface area contributed by atoms with Crippen LogP contribution in [0.1, 0.15) is 0 Å². The van der Waals surface area contributed by atoms with E-state index in [0.717, 1.165) is 76.5 Å². The maximum Gasteiger partial charge on any atom is 0.229 e. The quantitative estimate of drug-likeness (QED) is 0.192. The van der Waals surface area contributed by atoms with Crippen molar-refractivity contribution in [3.05, 3.63) is 91.3 Å². The number of aromatic nitrogens is 6. The van der Waals surface area contributed by atoms with Crippen LogP contribution in [0.5, 0.6) is 5.75 Å². The molecule has 0 atom stereocenters. The highest BCUT2D eigenvalue weighted by molar-refractivity contribution is 6.06. The first kappa shape index (κ1) is 31.8. The molecule has 2 aromatic carbocycles. The predicted octanol–water partition coefficient (Wildman–Crippen LogP) is 6.56. The molecule has 2 aliphatic rings. The van der Waals surface area contributed by atoms with Gasteiger partial charge in [-0.05, 0) is 48.5 Å². The fourth-order valence-corrected chi connectivity index (χ4v) is 6.49. The number of hydrogen-bond acceptors (Lipinski definition) is 13. The lowest BCUT2D eigenvalue weighted by Gasteiger charge is -2.27. The molecule has 0 bridgehead atoms. The summed E-state index contributed by atoms with van der Waals surface area (Å²) in [4.78, 5) is 32.3. The van der Waals surface area contributed by atoms with Gasteiger partial charge >= 0.3 is 0 Å². The summed E-state index contributed by atoms with van der Waals surface area (Å²) in [5, 5.41) is 1.80. The van der Waals surface area contributed by atoms with Crippen molar-refractivity contribution in [2.45, 2.75) is 0 Å². The van der Waals surface area contributed by atoms with Crippen molar-refractivity contribution in [2.75, 3.05) is 69.5 Å². The molecule has 13 heteroatoms. The highest BCUT2D eigenvalue weighted by Gasteiger charge is 2.24. The third kappa shape index (κ3) is 5.99. The summed E-state index contributed by atoms with van der Waals surface area (Å²) in [5.41, 5.74) is 6.01. The Morgan fingerprint density at radius 2 is 1.02 bits per heavy atom. The van der Waals surface area contributed by atoms with Crippen LogP contribution in [-0.2, 0) is 9.47 Å². The van der Waals surface area contributed by atoms with E-state index in [-0.39, 0.29) is 0 Å². The van der Waals surface area contributed by atoms with Crippen LogP contribution in [0.3, 0.4) is 0 Å². The van der Waals surface area contributed by atoms with Gasteiger partial charge in [0.2, 0.25) is 11.4 Å². The molecule has 0 N–H and O–H groups in total. The van der Waals surface area contributed by atoms with E-state index < -0.39 is 0 Å². The van der Waals surface area contributed by atoms with Crippen LogP contribution < -0.4 is 14.5 Å². The summed E-state index contributed by atoms with van der Waals surface area (Å²) < 4.78 is 28.3. The molecule has 260 valence electrons. The number of ether oxygens (including phenoxy) is 3. The third-order valence-electron chi connectivity index (χ3n) is 9.15. The first-order valence-electron chi connectivity index (χ1n) is 17.2. The summed E-state index contributed by atoms with van der Waals surface area (Å²) in [7, 11) is 1.65.